The van der Waals surface area contributed by atoms with E-state index in [1.807, 2.05) is 36.9 Å². The van der Waals surface area contributed by atoms with Crippen molar-refractivity contribution in [2.24, 2.45) is 0 Å². The van der Waals surface area contributed by atoms with Crippen LogP contribution in [0.4, 0.5) is 0 Å². The SMILES string of the molecule is Clc1cccc(C(c2ccc(CN3CCCC3)cc2)n2ccnc2)c1. The summed E-state index contributed by atoms with van der Waals surface area (Å²) in [6.07, 6.45) is 8.35. The van der Waals surface area contributed by atoms with E-state index in [9.17, 15) is 0 Å². The van der Waals surface area contributed by atoms with Crippen molar-refractivity contribution >= 4 is 11.6 Å². The number of imidazole rings is 1. The molecule has 1 fully saturated rings. The Balaban J connectivity index is 1.63. The van der Waals surface area contributed by atoms with E-state index in [1.54, 1.807) is 0 Å². The van der Waals surface area contributed by atoms with E-state index in [-0.39, 0.29) is 6.04 Å². The van der Waals surface area contributed by atoms with Crippen LogP contribution in [0.1, 0.15) is 35.6 Å². The van der Waals surface area contributed by atoms with Crippen LogP contribution in [0, 0.1) is 0 Å². The molecule has 0 spiro atoms. The molecule has 1 atom stereocenters. The summed E-state index contributed by atoms with van der Waals surface area (Å²) in [6, 6.07) is 17.1. The van der Waals surface area contributed by atoms with Gasteiger partial charge in [0.25, 0.3) is 0 Å². The Morgan fingerprint density at radius 2 is 1.80 bits per heavy atom. The Kier molecular flexibility index (Phi) is 4.86. The first-order valence-corrected chi connectivity index (χ1v) is 9.21. The van der Waals surface area contributed by atoms with E-state index in [4.69, 9.17) is 11.6 Å². The Hall–Kier alpha value is -2.10. The number of likely N-dealkylation sites (tertiary alicyclic amines) is 1. The summed E-state index contributed by atoms with van der Waals surface area (Å²) >= 11 is 6.23. The highest BCUT2D eigenvalue weighted by Gasteiger charge is 2.17. The number of halogens is 1. The summed E-state index contributed by atoms with van der Waals surface area (Å²) in [4.78, 5) is 6.75. The lowest BCUT2D eigenvalue weighted by molar-refractivity contribution is 0.331. The molecule has 4 rings (SSSR count). The van der Waals surface area contributed by atoms with E-state index in [0.29, 0.717) is 0 Å². The molecule has 0 bridgehead atoms. The van der Waals surface area contributed by atoms with E-state index in [1.165, 1.54) is 37.1 Å². The second-order valence-electron chi connectivity index (χ2n) is 6.69. The van der Waals surface area contributed by atoms with Gasteiger partial charge in [0.1, 0.15) is 0 Å². The lowest BCUT2D eigenvalue weighted by atomic mass is 9.97. The van der Waals surface area contributed by atoms with Crippen molar-refractivity contribution in [1.29, 1.82) is 0 Å². The Labute approximate surface area is 153 Å². The largest absolute Gasteiger partial charge is 0.326 e. The van der Waals surface area contributed by atoms with Gasteiger partial charge in [-0.25, -0.2) is 4.98 Å². The minimum atomic E-state index is 0.0852. The molecular formula is C21H22ClN3. The molecule has 0 radical (unpaired) electrons. The minimum absolute atomic E-state index is 0.0852. The number of rotatable bonds is 5. The molecule has 1 unspecified atom stereocenters. The maximum absolute atomic E-state index is 6.23. The molecule has 4 heteroatoms. The van der Waals surface area contributed by atoms with Gasteiger partial charge in [-0.15, -0.1) is 0 Å². The number of hydrogen-bond donors (Lipinski definition) is 0. The van der Waals surface area contributed by atoms with E-state index < -0.39 is 0 Å². The summed E-state index contributed by atoms with van der Waals surface area (Å²) in [5.41, 5.74) is 3.78. The second kappa shape index (κ2) is 7.42. The zero-order valence-electron chi connectivity index (χ0n) is 14.2. The van der Waals surface area contributed by atoms with Gasteiger partial charge in [0.15, 0.2) is 0 Å². The van der Waals surface area contributed by atoms with Crippen LogP contribution in [-0.2, 0) is 6.54 Å². The normalized spacial score (nSPS) is 16.2. The number of hydrogen-bond acceptors (Lipinski definition) is 2. The van der Waals surface area contributed by atoms with Crippen LogP contribution in [0.5, 0.6) is 0 Å². The highest BCUT2D eigenvalue weighted by Crippen LogP contribution is 2.28. The van der Waals surface area contributed by atoms with Gasteiger partial charge >= 0.3 is 0 Å². The first-order valence-electron chi connectivity index (χ1n) is 8.84. The topological polar surface area (TPSA) is 21.1 Å². The summed E-state index contributed by atoms with van der Waals surface area (Å²) in [6.45, 7) is 3.50. The van der Waals surface area contributed by atoms with Crippen LogP contribution in [0.15, 0.2) is 67.3 Å². The van der Waals surface area contributed by atoms with Gasteiger partial charge in [-0.05, 0) is 54.8 Å². The zero-order chi connectivity index (χ0) is 17.1. The molecule has 2 heterocycles. The number of nitrogens with zero attached hydrogens (tertiary/aromatic N) is 3. The Morgan fingerprint density at radius 3 is 2.48 bits per heavy atom. The average molecular weight is 352 g/mol. The molecule has 0 N–H and O–H groups in total. The third-order valence-electron chi connectivity index (χ3n) is 4.89. The molecule has 0 amide bonds. The molecule has 1 aromatic heterocycles. The van der Waals surface area contributed by atoms with Gasteiger partial charge < -0.3 is 4.57 Å². The molecule has 3 aromatic rings. The van der Waals surface area contributed by atoms with Gasteiger partial charge in [-0.3, -0.25) is 4.90 Å². The summed E-state index contributed by atoms with van der Waals surface area (Å²) < 4.78 is 2.13. The number of aromatic nitrogens is 2. The summed E-state index contributed by atoms with van der Waals surface area (Å²) in [7, 11) is 0. The fraction of sp³-hybridized carbons (Fsp3) is 0.286. The predicted molar refractivity (Wildman–Crippen MR) is 102 cm³/mol. The molecule has 1 aliphatic rings. The van der Waals surface area contributed by atoms with Crippen LogP contribution in [0.3, 0.4) is 0 Å². The van der Waals surface area contributed by atoms with E-state index >= 15 is 0 Å². The number of benzene rings is 2. The Bertz CT molecular complexity index is 805. The smallest absolute Gasteiger partial charge is 0.0954 e. The third kappa shape index (κ3) is 3.78. The van der Waals surface area contributed by atoms with Gasteiger partial charge in [-0.2, -0.15) is 0 Å². The maximum atomic E-state index is 6.23. The van der Waals surface area contributed by atoms with Gasteiger partial charge in [0, 0.05) is 24.0 Å². The van der Waals surface area contributed by atoms with Crippen LogP contribution < -0.4 is 0 Å². The molecule has 1 aliphatic heterocycles. The monoisotopic (exact) mass is 351 g/mol. The van der Waals surface area contributed by atoms with Crippen molar-refractivity contribution in [3.05, 3.63) is 89.0 Å². The van der Waals surface area contributed by atoms with Crippen LogP contribution in [0.2, 0.25) is 5.02 Å². The molecule has 1 saturated heterocycles. The van der Waals surface area contributed by atoms with E-state index in [2.05, 4.69) is 44.8 Å². The van der Waals surface area contributed by atoms with Crippen molar-refractivity contribution < 1.29 is 0 Å². The molecule has 2 aromatic carbocycles. The van der Waals surface area contributed by atoms with Crippen molar-refractivity contribution in [3.8, 4) is 0 Å². The Morgan fingerprint density at radius 1 is 1.00 bits per heavy atom. The molecule has 25 heavy (non-hydrogen) atoms. The fourth-order valence-corrected chi connectivity index (χ4v) is 3.84. The van der Waals surface area contributed by atoms with Crippen LogP contribution in [-0.4, -0.2) is 27.5 Å². The molecule has 0 aliphatic carbocycles. The molecule has 0 saturated carbocycles. The first-order chi connectivity index (χ1) is 12.3. The first kappa shape index (κ1) is 16.4. The molecule has 128 valence electrons. The third-order valence-corrected chi connectivity index (χ3v) is 5.12. The average Bonchev–Trinajstić information content (AvgIpc) is 3.31. The highest BCUT2D eigenvalue weighted by atomic mass is 35.5. The highest BCUT2D eigenvalue weighted by molar-refractivity contribution is 6.30. The fourth-order valence-electron chi connectivity index (χ4n) is 3.64. The second-order valence-corrected chi connectivity index (χ2v) is 7.13. The predicted octanol–water partition coefficient (Wildman–Crippen LogP) is 4.77. The van der Waals surface area contributed by atoms with Gasteiger partial charge in [0.2, 0.25) is 0 Å². The summed E-state index contributed by atoms with van der Waals surface area (Å²) in [5, 5.41) is 0.758. The molecule has 3 nitrogen and oxygen atoms in total. The van der Waals surface area contributed by atoms with Crippen molar-refractivity contribution in [1.82, 2.24) is 14.5 Å². The quantitative estimate of drug-likeness (QED) is 0.660. The van der Waals surface area contributed by atoms with E-state index in [0.717, 1.165) is 17.1 Å². The molecular weight excluding hydrogens is 330 g/mol. The lowest BCUT2D eigenvalue weighted by Crippen LogP contribution is -2.18. The van der Waals surface area contributed by atoms with Crippen molar-refractivity contribution in [3.63, 3.8) is 0 Å². The van der Waals surface area contributed by atoms with Gasteiger partial charge in [-0.1, -0.05) is 48.0 Å². The van der Waals surface area contributed by atoms with Gasteiger partial charge in [0.05, 0.1) is 12.4 Å². The van der Waals surface area contributed by atoms with Crippen LogP contribution in [0.25, 0.3) is 0 Å². The van der Waals surface area contributed by atoms with Crippen LogP contribution >= 0.6 is 11.6 Å². The minimum Gasteiger partial charge on any atom is -0.326 e. The maximum Gasteiger partial charge on any atom is 0.0954 e. The zero-order valence-corrected chi connectivity index (χ0v) is 14.9. The lowest BCUT2D eigenvalue weighted by Gasteiger charge is -2.21. The summed E-state index contributed by atoms with van der Waals surface area (Å²) in [5.74, 6) is 0. The standard InChI is InChI=1S/C21H22ClN3/c22-20-5-3-4-19(14-20)21(25-13-10-23-16-25)18-8-6-17(7-9-18)15-24-11-1-2-12-24/h3-10,13-14,16,21H,1-2,11-12,15H2. The van der Waals surface area contributed by atoms with Crippen molar-refractivity contribution in [2.45, 2.75) is 25.4 Å². The van der Waals surface area contributed by atoms with Crippen molar-refractivity contribution in [2.75, 3.05) is 13.1 Å².